The highest BCUT2D eigenvalue weighted by atomic mass is 32.1. The lowest BCUT2D eigenvalue weighted by Gasteiger charge is -2.36. The van der Waals surface area contributed by atoms with Gasteiger partial charge in [0.1, 0.15) is 23.2 Å². The number of fused-ring (bicyclic) bond motifs is 1. The van der Waals surface area contributed by atoms with Gasteiger partial charge >= 0.3 is 5.97 Å². The molecule has 0 saturated carbocycles. The molecule has 4 N–H and O–H groups in total. The summed E-state index contributed by atoms with van der Waals surface area (Å²) in [6.07, 6.45) is 1.50. The molecule has 2 aromatic heterocycles. The van der Waals surface area contributed by atoms with Gasteiger partial charge in [0, 0.05) is 68.4 Å². The van der Waals surface area contributed by atoms with E-state index < -0.39 is 52.8 Å². The molecule has 3 saturated heterocycles. The van der Waals surface area contributed by atoms with Crippen molar-refractivity contribution in [1.29, 1.82) is 0 Å². The Morgan fingerprint density at radius 1 is 0.648 bits per heavy atom. The highest BCUT2D eigenvalue weighted by Crippen LogP contribution is 2.39. The number of aliphatic carboxylic acids is 1. The Bertz CT molecular complexity index is 3820. The summed E-state index contributed by atoms with van der Waals surface area (Å²) >= 11 is 3.24. The Morgan fingerprint density at radius 2 is 1.15 bits per heavy atom. The van der Waals surface area contributed by atoms with Crippen molar-refractivity contribution >= 4 is 63.8 Å². The van der Waals surface area contributed by atoms with Crippen LogP contribution < -0.4 is 0 Å². The molecule has 5 aromatic carbocycles. The molecule has 17 nitrogen and oxygen atoms in total. The number of likely N-dealkylation sites (tertiary alicyclic amines) is 3. The fraction of sp³-hybridized carbons (Fsp3) is 0.403. The lowest BCUT2D eigenvalue weighted by Crippen LogP contribution is -2.54. The first-order chi connectivity index (χ1) is 43.2. The van der Waals surface area contributed by atoms with E-state index in [2.05, 4.69) is 46.4 Å². The minimum atomic E-state index is -1.25. The van der Waals surface area contributed by atoms with E-state index in [4.69, 9.17) is 0 Å². The minimum Gasteiger partial charge on any atom is -0.480 e. The maximum absolute atomic E-state index is 13.5. The summed E-state index contributed by atoms with van der Waals surface area (Å²) in [4.78, 5) is 108. The summed E-state index contributed by atoms with van der Waals surface area (Å²) in [5.41, 5.74) is 11.4. The molecule has 11 rings (SSSR count). The van der Waals surface area contributed by atoms with E-state index in [1.54, 1.807) is 63.7 Å². The number of hydrogen-bond acceptors (Lipinski definition) is 14. The molecule has 91 heavy (non-hydrogen) atoms. The molecule has 3 fully saturated rings. The van der Waals surface area contributed by atoms with Crippen LogP contribution in [0.4, 0.5) is 0 Å². The summed E-state index contributed by atoms with van der Waals surface area (Å²) in [7, 11) is 0. The normalized spacial score (nSPS) is 22.1. The van der Waals surface area contributed by atoms with Crippen molar-refractivity contribution < 1.29 is 54.0 Å². The molecule has 4 aliphatic heterocycles. The van der Waals surface area contributed by atoms with Crippen LogP contribution in [0, 0.1) is 33.6 Å². The van der Waals surface area contributed by atoms with Gasteiger partial charge in [-0.25, -0.2) is 14.8 Å². The van der Waals surface area contributed by atoms with E-state index in [0.29, 0.717) is 61.8 Å². The van der Waals surface area contributed by atoms with Crippen molar-refractivity contribution in [3.63, 3.8) is 0 Å². The third kappa shape index (κ3) is 14.8. The SMILES string of the molecule is CC(C)[C@@H](C(=O)N1C[C@](C)(O)C[C@H]1C(=O)O)N1Cc2ccccc2C1=O.CCC1(C(=O)CCc2ccc(-c3scnc3C)cc2)C[C@@H](O)CN1C(=O)c1cccc(C)c1.Cc1cccc(C(=O)N2C[C@H](O)CC2(C)C(=O)CCc2ccc(-c3scnc3C)cc2)c1. The number of β-amino-alcohol motifs (C(OH)–C–C–N with tert-alkyl or cyclic N) is 3. The topological polar surface area (TPSA) is 239 Å². The van der Waals surface area contributed by atoms with Crippen molar-refractivity contribution in [3.8, 4) is 20.9 Å². The number of aliphatic hydroxyl groups is 3. The fourth-order valence-electron chi connectivity index (χ4n) is 13.3. The van der Waals surface area contributed by atoms with Gasteiger partial charge in [0.15, 0.2) is 11.6 Å². The Morgan fingerprint density at radius 3 is 1.64 bits per heavy atom. The standard InChI is InChI=1S/C27H30N2O3S.C26H28N2O3S.C19H24N2O5/c1-4-27(15-23(30)16-29(27)26(32)22-7-5-6-18(2)14-22)24(31)13-10-20-8-11-21(12-9-20)25-19(3)28-17-33-25;1-17-5-4-6-21(13-17)25(31)28-15-22(29)14-26(28,3)23(30)12-9-19-7-10-20(11-8-19)24-18(2)27-16-32-24;1-11(2)15(20-9-12-6-4-5-7-13(12)16(20)22)17(23)21-10-19(3,26)8-14(21)18(24)25/h5-9,11-12,14,17,23,30H,4,10,13,15-16H2,1-3H3;4-8,10-11,13,16,22,29H,9,12,14-15H2,1-3H3;4-7,11,14-15,26H,8-10H2,1-3H3,(H,24,25)/t23-,27?;22-,26?;14-,15-,19+/m110/s1. The van der Waals surface area contributed by atoms with Gasteiger partial charge in [-0.3, -0.25) is 28.8 Å². The predicted molar refractivity (Wildman–Crippen MR) is 352 cm³/mol. The first-order valence-electron chi connectivity index (χ1n) is 31.1. The van der Waals surface area contributed by atoms with Crippen LogP contribution in [0.15, 0.2) is 132 Å². The number of ketones is 2. The summed E-state index contributed by atoms with van der Waals surface area (Å²) in [6, 6.07) is 36.6. The van der Waals surface area contributed by atoms with E-state index in [-0.39, 0.29) is 67.7 Å². The number of benzene rings is 5. The van der Waals surface area contributed by atoms with Crippen molar-refractivity contribution in [2.24, 2.45) is 5.92 Å². The molecule has 4 aliphatic rings. The summed E-state index contributed by atoms with van der Waals surface area (Å²) < 4.78 is 0. The first kappa shape index (κ1) is 67.3. The number of Topliss-reactive ketones (excluding diaryl/α,β-unsaturated/α-hetero) is 2. The van der Waals surface area contributed by atoms with Crippen LogP contribution in [0.5, 0.6) is 0 Å². The maximum atomic E-state index is 13.5. The molecule has 0 aliphatic carbocycles. The van der Waals surface area contributed by atoms with E-state index in [0.717, 1.165) is 60.1 Å². The highest BCUT2D eigenvalue weighted by molar-refractivity contribution is 7.13. The summed E-state index contributed by atoms with van der Waals surface area (Å²) in [5.74, 6) is -2.37. The number of carboxylic acid groups (broad SMARTS) is 1. The number of carbonyl (C=O) groups excluding carboxylic acids is 6. The van der Waals surface area contributed by atoms with Crippen molar-refractivity contribution in [2.45, 2.75) is 161 Å². The molecule has 19 heteroatoms. The second-order valence-electron chi connectivity index (χ2n) is 25.5. The van der Waals surface area contributed by atoms with Crippen LogP contribution in [0.1, 0.15) is 143 Å². The number of rotatable bonds is 17. The minimum absolute atomic E-state index is 0.0163. The number of nitrogens with zero attached hydrogens (tertiary/aromatic N) is 6. The smallest absolute Gasteiger partial charge is 0.326 e. The largest absolute Gasteiger partial charge is 0.480 e. The molecular weight excluding hydrogens is 1190 g/mol. The van der Waals surface area contributed by atoms with Crippen LogP contribution in [0.25, 0.3) is 20.9 Å². The Labute approximate surface area is 540 Å². The summed E-state index contributed by atoms with van der Waals surface area (Å²) in [6.45, 7) is 17.4. The van der Waals surface area contributed by atoms with Gasteiger partial charge in [-0.2, -0.15) is 0 Å². The summed E-state index contributed by atoms with van der Waals surface area (Å²) in [5, 5.41) is 40.5. The fourth-order valence-corrected chi connectivity index (χ4v) is 14.9. The molecule has 478 valence electrons. The maximum Gasteiger partial charge on any atom is 0.326 e. The molecule has 7 atom stereocenters. The second-order valence-corrected chi connectivity index (χ2v) is 27.2. The van der Waals surface area contributed by atoms with Crippen molar-refractivity contribution in [1.82, 2.24) is 29.6 Å². The lowest BCUT2D eigenvalue weighted by atomic mass is 9.84. The van der Waals surface area contributed by atoms with Gasteiger partial charge in [-0.15, -0.1) is 22.7 Å². The molecule has 0 spiro atoms. The number of hydrogen-bond donors (Lipinski definition) is 4. The van der Waals surface area contributed by atoms with E-state index in [1.165, 1.54) is 16.7 Å². The molecule has 7 aromatic rings. The van der Waals surface area contributed by atoms with Crippen LogP contribution in [0.2, 0.25) is 0 Å². The number of carbonyl (C=O) groups is 7. The molecule has 0 bridgehead atoms. The molecule has 2 unspecified atom stereocenters. The van der Waals surface area contributed by atoms with Crippen molar-refractivity contribution in [3.05, 3.63) is 188 Å². The monoisotopic (exact) mass is 1270 g/mol. The predicted octanol–water partition coefficient (Wildman–Crippen LogP) is 10.7. The molecule has 0 radical (unpaired) electrons. The lowest BCUT2D eigenvalue weighted by molar-refractivity contribution is -0.150. The van der Waals surface area contributed by atoms with Crippen LogP contribution in [-0.2, 0) is 38.6 Å². The molecule has 4 amide bonds. The zero-order chi connectivity index (χ0) is 65.7. The number of aryl methyl sites for hydroxylation is 6. The van der Waals surface area contributed by atoms with E-state index >= 15 is 0 Å². The van der Waals surface area contributed by atoms with Gasteiger partial charge in [-0.05, 0) is 125 Å². The van der Waals surface area contributed by atoms with Gasteiger partial charge in [-0.1, -0.05) is 123 Å². The zero-order valence-electron chi connectivity index (χ0n) is 53.2. The average molecular weight is 1270 g/mol. The first-order valence-corrected chi connectivity index (χ1v) is 32.8. The Kier molecular flexibility index (Phi) is 20.9. The Balaban J connectivity index is 0.000000163. The van der Waals surface area contributed by atoms with E-state index in [1.807, 2.05) is 120 Å². The molecule has 6 heterocycles. The van der Waals surface area contributed by atoms with Gasteiger partial charge in [0.2, 0.25) is 5.91 Å². The van der Waals surface area contributed by atoms with Crippen molar-refractivity contribution in [2.75, 3.05) is 19.6 Å². The highest BCUT2D eigenvalue weighted by Gasteiger charge is 2.53. The quantitative estimate of drug-likeness (QED) is 0.0664. The Hall–Kier alpha value is -8.07. The van der Waals surface area contributed by atoms with Gasteiger partial charge in [0.05, 0.1) is 56.5 Å². The number of aromatic nitrogens is 2. The van der Waals surface area contributed by atoms with Crippen LogP contribution in [0.3, 0.4) is 0 Å². The number of carboxylic acids is 1. The second kappa shape index (κ2) is 28.2. The molecular formula is C72H82N6O11S2. The van der Waals surface area contributed by atoms with Crippen LogP contribution >= 0.6 is 22.7 Å². The number of thiazole rings is 2. The third-order valence-corrected chi connectivity index (χ3v) is 20.1. The van der Waals surface area contributed by atoms with Crippen LogP contribution in [-0.4, -0.2) is 152 Å². The number of amides is 4. The zero-order valence-corrected chi connectivity index (χ0v) is 54.9. The number of aliphatic hydroxyl groups excluding tert-OH is 2. The van der Waals surface area contributed by atoms with E-state index in [9.17, 15) is 54.0 Å². The average Bonchev–Trinajstić information content (AvgIpc) is 2.07. The third-order valence-electron chi connectivity index (χ3n) is 18.2. The van der Waals surface area contributed by atoms with Gasteiger partial charge < -0.3 is 40.0 Å². The van der Waals surface area contributed by atoms with Gasteiger partial charge in [0.25, 0.3) is 17.7 Å².